The van der Waals surface area contributed by atoms with Gasteiger partial charge in [0.25, 0.3) is 0 Å². The van der Waals surface area contributed by atoms with Gasteiger partial charge in [0, 0.05) is 11.8 Å². The number of hydrogen-bond donors (Lipinski definition) is 1. The monoisotopic (exact) mass is 378 g/mol. The van der Waals surface area contributed by atoms with Gasteiger partial charge in [0.2, 0.25) is 0 Å². The number of nitrogens with one attached hydrogen (secondary N) is 1. The van der Waals surface area contributed by atoms with Crippen LogP contribution in [-0.2, 0) is 11.3 Å². The molecule has 28 heavy (non-hydrogen) atoms. The van der Waals surface area contributed by atoms with Crippen LogP contribution in [0, 0.1) is 0 Å². The fourth-order valence-corrected chi connectivity index (χ4v) is 4.05. The standard InChI is InChI=1S/C23H27N3O2/c1-17-13-25(14-18(2)28-17)15-20-16-26(21-7-5-4-6-8-21)24-23(20)19-9-11-22(27-3)12-10-19/h4-12,16-18H,13-15H2,1-3H3/p+1/t17-,18-/m0/s1. The van der Waals surface area contributed by atoms with Gasteiger partial charge in [0.15, 0.2) is 0 Å². The van der Waals surface area contributed by atoms with Gasteiger partial charge in [0.1, 0.15) is 43.3 Å². The molecule has 146 valence electrons. The van der Waals surface area contributed by atoms with Crippen molar-refractivity contribution >= 4 is 0 Å². The minimum atomic E-state index is 0.285. The van der Waals surface area contributed by atoms with E-state index in [1.807, 2.05) is 35.0 Å². The second-order valence-electron chi connectivity index (χ2n) is 7.60. The Hall–Kier alpha value is -2.63. The van der Waals surface area contributed by atoms with Crippen molar-refractivity contribution in [3.8, 4) is 22.7 Å². The molecule has 2 aromatic carbocycles. The lowest BCUT2D eigenvalue weighted by molar-refractivity contribution is -0.928. The predicted molar refractivity (Wildman–Crippen MR) is 110 cm³/mol. The minimum absolute atomic E-state index is 0.285. The maximum Gasteiger partial charge on any atom is 0.118 e. The molecule has 0 amide bonds. The molecule has 1 aromatic heterocycles. The molecule has 1 fully saturated rings. The molecule has 0 spiro atoms. The second-order valence-corrected chi connectivity index (χ2v) is 7.60. The summed E-state index contributed by atoms with van der Waals surface area (Å²) >= 11 is 0. The molecule has 0 bridgehead atoms. The van der Waals surface area contributed by atoms with Crippen LogP contribution >= 0.6 is 0 Å². The number of quaternary nitrogens is 1. The van der Waals surface area contributed by atoms with Gasteiger partial charge >= 0.3 is 0 Å². The molecule has 1 aliphatic heterocycles. The van der Waals surface area contributed by atoms with Gasteiger partial charge in [-0.25, -0.2) is 4.68 Å². The number of ether oxygens (including phenoxy) is 2. The van der Waals surface area contributed by atoms with Crippen molar-refractivity contribution < 1.29 is 14.4 Å². The first-order valence-electron chi connectivity index (χ1n) is 9.90. The Kier molecular flexibility index (Phi) is 5.46. The SMILES string of the molecule is COc1ccc(-c2nn(-c3ccccc3)cc2C[NH+]2C[C@H](C)O[C@@H](C)C2)cc1. The number of methoxy groups -OCH3 is 1. The lowest BCUT2D eigenvalue weighted by atomic mass is 10.1. The minimum Gasteiger partial charge on any atom is -0.497 e. The van der Waals surface area contributed by atoms with Crippen LogP contribution in [0.2, 0.25) is 0 Å². The Bertz CT molecular complexity index is 895. The number of hydrogen-bond acceptors (Lipinski definition) is 3. The molecule has 5 nitrogen and oxygen atoms in total. The van der Waals surface area contributed by atoms with Crippen LogP contribution < -0.4 is 9.64 Å². The van der Waals surface area contributed by atoms with Crippen LogP contribution in [0.25, 0.3) is 16.9 Å². The Labute approximate surface area is 166 Å². The van der Waals surface area contributed by atoms with Gasteiger partial charge in [-0.1, -0.05) is 18.2 Å². The second kappa shape index (κ2) is 8.17. The predicted octanol–water partition coefficient (Wildman–Crippen LogP) is 2.74. The number of morpholine rings is 1. The normalized spacial score (nSPS) is 22.2. The zero-order chi connectivity index (χ0) is 19.5. The van der Waals surface area contributed by atoms with Crippen molar-refractivity contribution in [1.82, 2.24) is 9.78 Å². The Balaban J connectivity index is 1.69. The smallest absolute Gasteiger partial charge is 0.118 e. The van der Waals surface area contributed by atoms with E-state index in [-0.39, 0.29) is 12.2 Å². The Morgan fingerprint density at radius 3 is 2.36 bits per heavy atom. The van der Waals surface area contributed by atoms with Crippen LogP contribution in [0.5, 0.6) is 5.75 Å². The van der Waals surface area contributed by atoms with E-state index in [2.05, 4.69) is 44.3 Å². The summed E-state index contributed by atoms with van der Waals surface area (Å²) in [6.07, 6.45) is 2.74. The van der Waals surface area contributed by atoms with E-state index in [4.69, 9.17) is 14.6 Å². The van der Waals surface area contributed by atoms with Gasteiger partial charge < -0.3 is 14.4 Å². The molecular weight excluding hydrogens is 350 g/mol. The van der Waals surface area contributed by atoms with E-state index in [9.17, 15) is 0 Å². The van der Waals surface area contributed by atoms with Gasteiger partial charge in [-0.3, -0.25) is 0 Å². The van der Waals surface area contributed by atoms with Crippen LogP contribution in [0.15, 0.2) is 60.8 Å². The number of para-hydroxylation sites is 1. The Morgan fingerprint density at radius 2 is 1.71 bits per heavy atom. The van der Waals surface area contributed by atoms with Crippen molar-refractivity contribution in [1.29, 1.82) is 0 Å². The average Bonchev–Trinajstić information content (AvgIpc) is 3.11. The van der Waals surface area contributed by atoms with Crippen molar-refractivity contribution in [3.63, 3.8) is 0 Å². The van der Waals surface area contributed by atoms with E-state index in [1.54, 1.807) is 7.11 Å². The first-order chi connectivity index (χ1) is 13.6. The van der Waals surface area contributed by atoms with Crippen LogP contribution in [-0.4, -0.2) is 42.2 Å². The number of nitrogens with zero attached hydrogens (tertiary/aromatic N) is 2. The third-order valence-electron chi connectivity index (χ3n) is 5.23. The quantitative estimate of drug-likeness (QED) is 0.742. The van der Waals surface area contributed by atoms with Crippen LogP contribution in [0.1, 0.15) is 19.4 Å². The highest BCUT2D eigenvalue weighted by molar-refractivity contribution is 5.64. The van der Waals surface area contributed by atoms with E-state index in [0.717, 1.165) is 42.3 Å². The number of aromatic nitrogens is 2. The summed E-state index contributed by atoms with van der Waals surface area (Å²) in [5, 5.41) is 4.94. The summed E-state index contributed by atoms with van der Waals surface area (Å²) in [5.41, 5.74) is 4.47. The third kappa shape index (κ3) is 4.11. The lowest BCUT2D eigenvalue weighted by Gasteiger charge is -2.32. The van der Waals surface area contributed by atoms with Crippen molar-refractivity contribution in [3.05, 3.63) is 66.4 Å². The molecule has 2 heterocycles. The molecule has 5 heteroatoms. The zero-order valence-corrected chi connectivity index (χ0v) is 16.8. The summed E-state index contributed by atoms with van der Waals surface area (Å²) in [5.74, 6) is 0.856. The van der Waals surface area contributed by atoms with Crippen LogP contribution in [0.3, 0.4) is 0 Å². The molecule has 0 radical (unpaired) electrons. The van der Waals surface area contributed by atoms with E-state index in [1.165, 1.54) is 10.5 Å². The van der Waals surface area contributed by atoms with Crippen molar-refractivity contribution in [2.45, 2.75) is 32.6 Å². The molecule has 2 atom stereocenters. The zero-order valence-electron chi connectivity index (χ0n) is 16.8. The van der Waals surface area contributed by atoms with E-state index in [0.29, 0.717) is 0 Å². The highest BCUT2D eigenvalue weighted by Crippen LogP contribution is 2.25. The largest absolute Gasteiger partial charge is 0.497 e. The molecule has 1 saturated heterocycles. The molecular formula is C23H28N3O2+. The first kappa shape index (κ1) is 18.7. The number of benzene rings is 2. The van der Waals surface area contributed by atoms with Crippen molar-refractivity contribution in [2.75, 3.05) is 20.2 Å². The molecule has 3 aromatic rings. The summed E-state index contributed by atoms with van der Waals surface area (Å²) in [4.78, 5) is 1.54. The number of rotatable bonds is 5. The lowest BCUT2D eigenvalue weighted by Crippen LogP contribution is -3.14. The van der Waals surface area contributed by atoms with Gasteiger partial charge in [-0.05, 0) is 50.2 Å². The highest BCUT2D eigenvalue weighted by Gasteiger charge is 2.27. The fourth-order valence-electron chi connectivity index (χ4n) is 4.05. The summed E-state index contributed by atoms with van der Waals surface area (Å²) in [6, 6.07) is 18.4. The van der Waals surface area contributed by atoms with Gasteiger partial charge in [-0.2, -0.15) is 5.10 Å². The summed E-state index contributed by atoms with van der Waals surface area (Å²) < 4.78 is 13.2. The topological polar surface area (TPSA) is 40.7 Å². The average molecular weight is 378 g/mol. The van der Waals surface area contributed by atoms with Crippen LogP contribution in [0.4, 0.5) is 0 Å². The maximum atomic E-state index is 5.91. The van der Waals surface area contributed by atoms with Crippen molar-refractivity contribution in [2.24, 2.45) is 0 Å². The van der Waals surface area contributed by atoms with E-state index < -0.39 is 0 Å². The van der Waals surface area contributed by atoms with E-state index >= 15 is 0 Å². The molecule has 1 N–H and O–H groups in total. The third-order valence-corrected chi connectivity index (χ3v) is 5.23. The molecule has 0 saturated carbocycles. The highest BCUT2D eigenvalue weighted by atomic mass is 16.5. The fraction of sp³-hybridized carbons (Fsp3) is 0.348. The van der Waals surface area contributed by atoms with Gasteiger partial charge in [0.05, 0.1) is 18.4 Å². The molecule has 1 aliphatic rings. The summed E-state index contributed by atoms with van der Waals surface area (Å²) in [7, 11) is 1.69. The summed E-state index contributed by atoms with van der Waals surface area (Å²) in [6.45, 7) is 7.29. The Morgan fingerprint density at radius 1 is 1.04 bits per heavy atom. The molecule has 0 unspecified atom stereocenters. The molecule has 0 aliphatic carbocycles. The van der Waals surface area contributed by atoms with Gasteiger partial charge in [-0.15, -0.1) is 0 Å². The molecule has 4 rings (SSSR count). The first-order valence-corrected chi connectivity index (χ1v) is 9.90. The maximum absolute atomic E-state index is 5.91.